The first-order valence-electron chi connectivity index (χ1n) is 8.47. The Labute approximate surface area is 165 Å². The van der Waals surface area contributed by atoms with Gasteiger partial charge in [-0.1, -0.05) is 0 Å². The summed E-state index contributed by atoms with van der Waals surface area (Å²) in [5.74, 6) is -1.03. The van der Waals surface area contributed by atoms with Gasteiger partial charge in [0.1, 0.15) is 0 Å². The van der Waals surface area contributed by atoms with Crippen LogP contribution in [0.5, 0.6) is 5.88 Å². The van der Waals surface area contributed by atoms with Gasteiger partial charge in [0.05, 0.1) is 19.3 Å². The van der Waals surface area contributed by atoms with Gasteiger partial charge in [0.2, 0.25) is 11.6 Å². The maximum atomic E-state index is 12.3. The van der Waals surface area contributed by atoms with Crippen molar-refractivity contribution in [3.63, 3.8) is 0 Å². The zero-order valence-corrected chi connectivity index (χ0v) is 16.1. The smallest absolute Gasteiger partial charge is 0.333 e. The number of aromatic nitrogens is 6. The van der Waals surface area contributed by atoms with E-state index >= 15 is 0 Å². The Bertz CT molecular complexity index is 1400. The minimum Gasteiger partial charge on any atom is -0.493 e. The lowest BCUT2D eigenvalue weighted by molar-refractivity contribution is 0.0824. The van der Waals surface area contributed by atoms with Gasteiger partial charge in [-0.2, -0.15) is 4.98 Å². The highest BCUT2D eigenvalue weighted by Crippen LogP contribution is 2.24. The Hall–Kier alpha value is -3.85. The SMILES string of the molecule is Cn1c(O)c(N=Nc2nc3c(c(=O)[nH]c(=O)n3C)n2C[C@H](O)CO)c(=O)n(C)c1=O. The molecule has 3 rings (SSSR count). The van der Waals surface area contributed by atoms with Gasteiger partial charge in [-0.25, -0.2) is 9.59 Å². The van der Waals surface area contributed by atoms with E-state index in [4.69, 9.17) is 5.11 Å². The third-order valence-electron chi connectivity index (χ3n) is 4.44. The van der Waals surface area contributed by atoms with Gasteiger partial charge in [-0.05, 0) is 0 Å². The molecule has 0 fully saturated rings. The fourth-order valence-electron chi connectivity index (χ4n) is 2.74. The van der Waals surface area contributed by atoms with E-state index < -0.39 is 46.8 Å². The van der Waals surface area contributed by atoms with Gasteiger partial charge in [-0.3, -0.25) is 32.8 Å². The molecule has 1 atom stereocenters. The van der Waals surface area contributed by atoms with E-state index in [-0.39, 0.29) is 23.7 Å². The molecule has 0 aliphatic rings. The first-order valence-corrected chi connectivity index (χ1v) is 8.47. The van der Waals surface area contributed by atoms with Gasteiger partial charge < -0.3 is 15.3 Å². The summed E-state index contributed by atoms with van der Waals surface area (Å²) in [5, 5.41) is 36.5. The van der Waals surface area contributed by atoms with E-state index in [1.807, 2.05) is 0 Å². The zero-order chi connectivity index (χ0) is 22.3. The molecule has 30 heavy (non-hydrogen) atoms. The highest BCUT2D eigenvalue weighted by Gasteiger charge is 2.20. The van der Waals surface area contributed by atoms with Crippen molar-refractivity contribution in [3.05, 3.63) is 41.7 Å². The van der Waals surface area contributed by atoms with Crippen LogP contribution in [0.3, 0.4) is 0 Å². The normalized spacial score (nSPS) is 12.8. The van der Waals surface area contributed by atoms with Gasteiger partial charge in [0.25, 0.3) is 17.1 Å². The number of hydrogen-bond donors (Lipinski definition) is 4. The molecule has 0 saturated heterocycles. The summed E-state index contributed by atoms with van der Waals surface area (Å²) in [4.78, 5) is 54.3. The standard InChI is InChI=1S/C15H18N8O7/c1-20-9-8(10(26)17-14(20)29)23(4-6(25)5-24)13(16-9)19-18-7-11(27)21(2)15(30)22(3)12(7)28/h6,24-25,27H,4-5H2,1-3H3,(H,17,26,29)/t6-/m0/s1. The van der Waals surface area contributed by atoms with Crippen molar-refractivity contribution in [2.75, 3.05) is 6.61 Å². The molecule has 3 heterocycles. The van der Waals surface area contributed by atoms with Crippen molar-refractivity contribution in [2.45, 2.75) is 12.6 Å². The van der Waals surface area contributed by atoms with Gasteiger partial charge in [0, 0.05) is 21.1 Å². The van der Waals surface area contributed by atoms with Crippen molar-refractivity contribution in [2.24, 2.45) is 31.4 Å². The number of nitrogens with zero attached hydrogens (tertiary/aromatic N) is 7. The van der Waals surface area contributed by atoms with Crippen LogP contribution in [0, 0.1) is 0 Å². The molecule has 15 nitrogen and oxygen atoms in total. The molecule has 0 aliphatic carbocycles. The van der Waals surface area contributed by atoms with Crippen LogP contribution in [-0.2, 0) is 27.7 Å². The van der Waals surface area contributed by atoms with Gasteiger partial charge in [-0.15, -0.1) is 10.2 Å². The maximum Gasteiger partial charge on any atom is 0.333 e. The Kier molecular flexibility index (Phi) is 5.24. The molecule has 15 heteroatoms. The lowest BCUT2D eigenvalue weighted by Gasteiger charge is -2.10. The minimum absolute atomic E-state index is 0.0829. The predicted molar refractivity (Wildman–Crippen MR) is 101 cm³/mol. The lowest BCUT2D eigenvalue weighted by atomic mass is 10.3. The van der Waals surface area contributed by atoms with Crippen LogP contribution in [0.2, 0.25) is 0 Å². The number of rotatable bonds is 5. The molecule has 3 aromatic heterocycles. The molecule has 0 radical (unpaired) electrons. The second-order valence-corrected chi connectivity index (χ2v) is 6.43. The van der Waals surface area contributed by atoms with Crippen LogP contribution in [0.1, 0.15) is 0 Å². The number of aromatic amines is 1. The van der Waals surface area contributed by atoms with E-state index in [1.54, 1.807) is 0 Å². The van der Waals surface area contributed by atoms with Gasteiger partial charge in [0.15, 0.2) is 11.2 Å². The lowest BCUT2D eigenvalue weighted by Crippen LogP contribution is -2.36. The van der Waals surface area contributed by atoms with E-state index in [1.165, 1.54) is 21.1 Å². The van der Waals surface area contributed by atoms with Crippen LogP contribution in [-0.4, -0.2) is 56.3 Å². The van der Waals surface area contributed by atoms with Crippen molar-refractivity contribution < 1.29 is 15.3 Å². The highest BCUT2D eigenvalue weighted by atomic mass is 16.3. The second kappa shape index (κ2) is 7.53. The molecule has 0 aromatic carbocycles. The minimum atomic E-state index is -1.30. The molecule has 0 aliphatic heterocycles. The first kappa shape index (κ1) is 20.9. The van der Waals surface area contributed by atoms with E-state index in [9.17, 15) is 29.4 Å². The van der Waals surface area contributed by atoms with Crippen LogP contribution >= 0.6 is 0 Å². The summed E-state index contributed by atoms with van der Waals surface area (Å²) in [7, 11) is 3.75. The molecule has 0 amide bonds. The Morgan fingerprint density at radius 1 is 1.07 bits per heavy atom. The molecule has 3 aromatic rings. The number of H-pyrrole nitrogens is 1. The third kappa shape index (κ3) is 3.25. The first-order chi connectivity index (χ1) is 14.1. The molecular weight excluding hydrogens is 404 g/mol. The van der Waals surface area contributed by atoms with Crippen molar-refractivity contribution >= 4 is 22.8 Å². The van der Waals surface area contributed by atoms with Crippen molar-refractivity contribution in [3.8, 4) is 5.88 Å². The Morgan fingerprint density at radius 3 is 2.37 bits per heavy atom. The molecule has 160 valence electrons. The summed E-state index contributed by atoms with van der Waals surface area (Å²) in [5.41, 5.74) is -4.04. The maximum absolute atomic E-state index is 12.3. The van der Waals surface area contributed by atoms with Crippen LogP contribution in [0.15, 0.2) is 29.4 Å². The number of aromatic hydroxyl groups is 1. The number of aliphatic hydroxyl groups is 2. The van der Waals surface area contributed by atoms with Crippen LogP contribution < -0.4 is 22.5 Å². The summed E-state index contributed by atoms with van der Waals surface area (Å²) < 4.78 is 3.62. The summed E-state index contributed by atoms with van der Waals surface area (Å²) in [6.45, 7) is -0.970. The monoisotopic (exact) mass is 422 g/mol. The average Bonchev–Trinajstić information content (AvgIpc) is 3.07. The average molecular weight is 422 g/mol. The number of imidazole rings is 1. The molecule has 0 saturated carbocycles. The van der Waals surface area contributed by atoms with Crippen molar-refractivity contribution in [1.82, 2.24) is 28.2 Å². The molecular formula is C15H18N8O7. The van der Waals surface area contributed by atoms with Crippen molar-refractivity contribution in [1.29, 1.82) is 0 Å². The molecule has 4 N–H and O–H groups in total. The topological polar surface area (TPSA) is 202 Å². The number of fused-ring (bicyclic) bond motifs is 1. The van der Waals surface area contributed by atoms with E-state index in [0.717, 1.165) is 13.7 Å². The fraction of sp³-hybridized carbons (Fsp3) is 0.400. The zero-order valence-electron chi connectivity index (χ0n) is 16.1. The number of nitrogens with one attached hydrogen (secondary N) is 1. The number of aliphatic hydroxyl groups excluding tert-OH is 2. The number of aryl methyl sites for hydroxylation is 1. The predicted octanol–water partition coefficient (Wildman–Crippen LogP) is -2.71. The van der Waals surface area contributed by atoms with E-state index in [2.05, 4.69) is 20.2 Å². The van der Waals surface area contributed by atoms with Gasteiger partial charge >= 0.3 is 11.4 Å². The third-order valence-corrected chi connectivity index (χ3v) is 4.44. The fourth-order valence-corrected chi connectivity index (χ4v) is 2.74. The molecule has 0 unspecified atom stereocenters. The summed E-state index contributed by atoms with van der Waals surface area (Å²) in [6, 6.07) is 0. The summed E-state index contributed by atoms with van der Waals surface area (Å²) >= 11 is 0. The van der Waals surface area contributed by atoms with E-state index in [0.29, 0.717) is 4.57 Å². The summed E-state index contributed by atoms with van der Waals surface area (Å²) in [6.07, 6.45) is -1.30. The number of hydrogen-bond acceptors (Lipinski definition) is 10. The molecule has 0 spiro atoms. The highest BCUT2D eigenvalue weighted by molar-refractivity contribution is 5.73. The largest absolute Gasteiger partial charge is 0.493 e. The van der Waals surface area contributed by atoms with Crippen LogP contribution in [0.25, 0.3) is 11.2 Å². The molecule has 0 bridgehead atoms. The van der Waals surface area contributed by atoms with Crippen LogP contribution in [0.4, 0.5) is 11.6 Å². The second-order valence-electron chi connectivity index (χ2n) is 6.43. The number of azo groups is 1. The Morgan fingerprint density at radius 2 is 1.73 bits per heavy atom. The quantitative estimate of drug-likeness (QED) is 0.318. The Balaban J connectivity index is 2.28.